The largest absolute Gasteiger partial charge is 0.294 e. The molecule has 0 aromatic carbocycles. The highest BCUT2D eigenvalue weighted by molar-refractivity contribution is 6.74. The lowest BCUT2D eigenvalue weighted by Crippen LogP contribution is -2.24. The maximum atomic E-state index is 11.0. The Labute approximate surface area is 89.0 Å². The monoisotopic (exact) mass is 212 g/mol. The average molecular weight is 212 g/mol. The highest BCUT2D eigenvalue weighted by Gasteiger charge is 2.20. The smallest absolute Gasteiger partial charge is 0.271 e. The van der Waals surface area contributed by atoms with E-state index in [1.807, 2.05) is 0 Å². The van der Waals surface area contributed by atoms with E-state index < -0.39 is 17.3 Å². The number of hydrogen-bond donors (Lipinski definition) is 0. The minimum Gasteiger partial charge on any atom is -0.294 e. The molecule has 0 N–H and O–H groups in total. The predicted molar refractivity (Wildman–Crippen MR) is 54.5 cm³/mol. The van der Waals surface area contributed by atoms with Crippen LogP contribution in [0.1, 0.15) is 45.4 Å². The second-order valence-electron chi connectivity index (χ2n) is 3.40. The molecule has 0 saturated carbocycles. The summed E-state index contributed by atoms with van der Waals surface area (Å²) < 4.78 is 0. The summed E-state index contributed by atoms with van der Waals surface area (Å²) in [6.07, 6.45) is 4.68. The number of carbonyl (C=O) groups is 4. The van der Waals surface area contributed by atoms with E-state index in [2.05, 4.69) is 6.92 Å². The Morgan fingerprint density at radius 1 is 1.00 bits per heavy atom. The molecule has 4 nitrogen and oxygen atoms in total. The third-order valence-electron chi connectivity index (χ3n) is 2.09. The van der Waals surface area contributed by atoms with E-state index in [0.717, 1.165) is 25.7 Å². The zero-order valence-electron chi connectivity index (χ0n) is 8.95. The highest BCUT2D eigenvalue weighted by Crippen LogP contribution is 2.05. The maximum Gasteiger partial charge on any atom is 0.271 e. The van der Waals surface area contributed by atoms with Crippen LogP contribution in [0.5, 0.6) is 0 Å². The van der Waals surface area contributed by atoms with Gasteiger partial charge in [-0.05, 0) is 6.42 Å². The van der Waals surface area contributed by atoms with Crippen LogP contribution in [0.3, 0.4) is 0 Å². The van der Waals surface area contributed by atoms with Gasteiger partial charge >= 0.3 is 0 Å². The van der Waals surface area contributed by atoms with E-state index in [-0.39, 0.29) is 12.7 Å². The van der Waals surface area contributed by atoms with Gasteiger partial charge in [-0.25, -0.2) is 0 Å². The summed E-state index contributed by atoms with van der Waals surface area (Å²) in [6, 6.07) is 0. The highest BCUT2D eigenvalue weighted by atomic mass is 16.2. The zero-order valence-corrected chi connectivity index (χ0v) is 8.95. The Balaban J connectivity index is 3.70. The fourth-order valence-corrected chi connectivity index (χ4v) is 1.19. The summed E-state index contributed by atoms with van der Waals surface area (Å²) in [5, 5.41) is 0. The van der Waals surface area contributed by atoms with Gasteiger partial charge in [-0.15, -0.1) is 0 Å². The van der Waals surface area contributed by atoms with E-state index >= 15 is 0 Å². The molecule has 0 saturated heterocycles. The minimum atomic E-state index is -1.24. The van der Waals surface area contributed by atoms with Crippen LogP contribution in [0.25, 0.3) is 0 Å². The Hall–Kier alpha value is -1.32. The van der Waals surface area contributed by atoms with Gasteiger partial charge in [0.2, 0.25) is 5.78 Å². The summed E-state index contributed by atoms with van der Waals surface area (Å²) in [6.45, 7) is 2.08. The third kappa shape index (κ3) is 5.88. The van der Waals surface area contributed by atoms with Crippen molar-refractivity contribution in [3.8, 4) is 0 Å². The SMILES string of the molecule is CCCCCCCC(=O)C(=O)C(=O)C=O. The van der Waals surface area contributed by atoms with E-state index in [9.17, 15) is 19.2 Å². The third-order valence-corrected chi connectivity index (χ3v) is 2.09. The van der Waals surface area contributed by atoms with Crippen molar-refractivity contribution in [1.29, 1.82) is 0 Å². The van der Waals surface area contributed by atoms with Crippen molar-refractivity contribution in [2.45, 2.75) is 45.4 Å². The average Bonchev–Trinajstić information content (AvgIpc) is 2.26. The molecule has 0 aliphatic carbocycles. The Morgan fingerprint density at radius 2 is 1.60 bits per heavy atom. The molecule has 0 aliphatic rings. The van der Waals surface area contributed by atoms with Gasteiger partial charge in [-0.2, -0.15) is 0 Å². The standard InChI is InChI=1S/C11H16O4/c1-2-3-4-5-6-7-9(13)11(15)10(14)8-12/h8H,2-7H2,1H3. The normalized spacial score (nSPS) is 9.67. The Bertz CT molecular complexity index is 255. The van der Waals surface area contributed by atoms with Crippen LogP contribution in [-0.4, -0.2) is 23.6 Å². The lowest BCUT2D eigenvalue weighted by Gasteiger charge is -1.97. The van der Waals surface area contributed by atoms with Crippen molar-refractivity contribution in [3.63, 3.8) is 0 Å². The molecular formula is C11H16O4. The first-order valence-corrected chi connectivity index (χ1v) is 5.20. The van der Waals surface area contributed by atoms with Crippen LogP contribution in [0, 0.1) is 0 Å². The van der Waals surface area contributed by atoms with Gasteiger partial charge in [-0.1, -0.05) is 32.6 Å². The Morgan fingerprint density at radius 3 is 2.13 bits per heavy atom. The molecule has 84 valence electrons. The maximum absolute atomic E-state index is 11.0. The predicted octanol–water partition coefficient (Wildman–Crippen LogP) is 1.25. The van der Waals surface area contributed by atoms with Gasteiger partial charge in [0.05, 0.1) is 0 Å². The molecule has 0 unspecified atom stereocenters. The molecule has 0 spiro atoms. The van der Waals surface area contributed by atoms with E-state index in [4.69, 9.17) is 0 Å². The van der Waals surface area contributed by atoms with Crippen LogP contribution in [0.15, 0.2) is 0 Å². The van der Waals surface area contributed by atoms with Gasteiger partial charge in [0.15, 0.2) is 6.29 Å². The van der Waals surface area contributed by atoms with Crippen LogP contribution < -0.4 is 0 Å². The van der Waals surface area contributed by atoms with Crippen molar-refractivity contribution in [2.75, 3.05) is 0 Å². The zero-order chi connectivity index (χ0) is 11.7. The van der Waals surface area contributed by atoms with Gasteiger partial charge in [0.1, 0.15) is 0 Å². The van der Waals surface area contributed by atoms with Gasteiger partial charge < -0.3 is 0 Å². The second kappa shape index (κ2) is 8.03. The van der Waals surface area contributed by atoms with Gasteiger partial charge in [-0.3, -0.25) is 19.2 Å². The quantitative estimate of drug-likeness (QED) is 0.250. The first kappa shape index (κ1) is 13.7. The minimum absolute atomic E-state index is 0.0716. The van der Waals surface area contributed by atoms with E-state index in [0.29, 0.717) is 6.42 Å². The second-order valence-corrected chi connectivity index (χ2v) is 3.40. The van der Waals surface area contributed by atoms with E-state index in [1.165, 1.54) is 0 Å². The fraction of sp³-hybridized carbons (Fsp3) is 0.636. The summed E-state index contributed by atoms with van der Waals surface area (Å²) >= 11 is 0. The summed E-state index contributed by atoms with van der Waals surface area (Å²) in [7, 11) is 0. The first-order chi connectivity index (χ1) is 7.13. The van der Waals surface area contributed by atoms with Crippen LogP contribution in [-0.2, 0) is 19.2 Å². The van der Waals surface area contributed by atoms with Crippen molar-refractivity contribution >= 4 is 23.6 Å². The Kier molecular flexibility index (Phi) is 7.32. The number of rotatable bonds is 9. The van der Waals surface area contributed by atoms with Gasteiger partial charge in [0.25, 0.3) is 11.6 Å². The molecular weight excluding hydrogens is 196 g/mol. The molecule has 0 rings (SSSR count). The molecule has 0 aliphatic heterocycles. The first-order valence-electron chi connectivity index (χ1n) is 5.20. The van der Waals surface area contributed by atoms with Crippen molar-refractivity contribution < 1.29 is 19.2 Å². The van der Waals surface area contributed by atoms with Crippen molar-refractivity contribution in [3.05, 3.63) is 0 Å². The van der Waals surface area contributed by atoms with Gasteiger partial charge in [0, 0.05) is 6.42 Å². The van der Waals surface area contributed by atoms with Crippen LogP contribution in [0.4, 0.5) is 0 Å². The van der Waals surface area contributed by atoms with Crippen molar-refractivity contribution in [1.82, 2.24) is 0 Å². The molecule has 0 aromatic rings. The number of aldehydes is 1. The van der Waals surface area contributed by atoms with Crippen molar-refractivity contribution in [2.24, 2.45) is 0 Å². The number of hydrogen-bond acceptors (Lipinski definition) is 4. The molecule has 0 aromatic heterocycles. The van der Waals surface area contributed by atoms with Crippen LogP contribution in [0.2, 0.25) is 0 Å². The molecule has 0 fully saturated rings. The molecule has 0 heterocycles. The molecule has 0 amide bonds. The molecule has 0 radical (unpaired) electrons. The summed E-state index contributed by atoms with van der Waals surface area (Å²) in [4.78, 5) is 42.4. The topological polar surface area (TPSA) is 68.3 Å². The van der Waals surface area contributed by atoms with E-state index in [1.54, 1.807) is 0 Å². The number of carbonyl (C=O) groups excluding carboxylic acids is 4. The lowest BCUT2D eigenvalue weighted by atomic mass is 10.1. The lowest BCUT2D eigenvalue weighted by molar-refractivity contribution is -0.145. The number of Topliss-reactive ketones (excluding diaryl/α,β-unsaturated/α-hetero) is 3. The molecule has 0 bridgehead atoms. The fourth-order valence-electron chi connectivity index (χ4n) is 1.19. The molecule has 0 atom stereocenters. The van der Waals surface area contributed by atoms with Crippen LogP contribution >= 0.6 is 0 Å². The number of ketones is 3. The summed E-state index contributed by atoms with van der Waals surface area (Å²) in [5.41, 5.74) is 0. The molecule has 15 heavy (non-hydrogen) atoms. The summed E-state index contributed by atoms with van der Waals surface area (Å²) in [5.74, 6) is -3.17. The molecule has 4 heteroatoms. The number of unbranched alkanes of at least 4 members (excludes halogenated alkanes) is 4.